The summed E-state index contributed by atoms with van der Waals surface area (Å²) in [5, 5.41) is 3.30. The van der Waals surface area contributed by atoms with Crippen molar-refractivity contribution in [2.24, 2.45) is 0 Å². The van der Waals surface area contributed by atoms with Gasteiger partial charge in [0.1, 0.15) is 5.82 Å². The second-order valence-corrected chi connectivity index (χ2v) is 6.13. The van der Waals surface area contributed by atoms with Crippen LogP contribution in [0, 0.1) is 5.82 Å². The number of benzene rings is 2. The maximum absolute atomic E-state index is 14.3. The second kappa shape index (κ2) is 6.86. The molecule has 0 aliphatic rings. The van der Waals surface area contributed by atoms with E-state index in [0.29, 0.717) is 24.1 Å². The predicted octanol–water partition coefficient (Wildman–Crippen LogP) is 5.11. The van der Waals surface area contributed by atoms with Gasteiger partial charge in [0, 0.05) is 18.2 Å². The Kier molecular flexibility index (Phi) is 5.13. The van der Waals surface area contributed by atoms with E-state index in [2.05, 4.69) is 45.1 Å². The highest BCUT2D eigenvalue weighted by molar-refractivity contribution is 5.64. The molecule has 112 valence electrons. The van der Waals surface area contributed by atoms with Crippen LogP contribution >= 0.6 is 0 Å². The van der Waals surface area contributed by atoms with Crippen molar-refractivity contribution in [3.05, 3.63) is 59.4 Å². The average molecular weight is 285 g/mol. The number of halogens is 1. The fourth-order valence-electron chi connectivity index (χ4n) is 2.27. The van der Waals surface area contributed by atoms with Crippen LogP contribution in [-0.4, -0.2) is 6.04 Å². The second-order valence-electron chi connectivity index (χ2n) is 6.13. The van der Waals surface area contributed by atoms with Crippen LogP contribution in [0.3, 0.4) is 0 Å². The molecule has 0 saturated carbocycles. The topological polar surface area (TPSA) is 12.0 Å². The van der Waals surface area contributed by atoms with Crippen LogP contribution in [0.15, 0.2) is 42.5 Å². The smallest absolute Gasteiger partial charge is 0.131 e. The van der Waals surface area contributed by atoms with Crippen LogP contribution in [0.5, 0.6) is 0 Å². The van der Waals surface area contributed by atoms with Crippen molar-refractivity contribution < 1.29 is 4.39 Å². The summed E-state index contributed by atoms with van der Waals surface area (Å²) in [6.45, 7) is 9.18. The van der Waals surface area contributed by atoms with Crippen LogP contribution in [0.4, 0.5) is 4.39 Å². The highest BCUT2D eigenvalue weighted by Gasteiger charge is 2.07. The van der Waals surface area contributed by atoms with Crippen molar-refractivity contribution in [2.45, 2.75) is 46.2 Å². The van der Waals surface area contributed by atoms with E-state index in [1.807, 2.05) is 24.3 Å². The van der Waals surface area contributed by atoms with Gasteiger partial charge in [-0.1, -0.05) is 64.1 Å². The quantitative estimate of drug-likeness (QED) is 0.804. The Hall–Kier alpha value is -1.67. The molecule has 1 N–H and O–H groups in total. The summed E-state index contributed by atoms with van der Waals surface area (Å²) in [5.41, 5.74) is 3.85. The molecule has 0 unspecified atom stereocenters. The van der Waals surface area contributed by atoms with Gasteiger partial charge in [-0.3, -0.25) is 0 Å². The highest BCUT2D eigenvalue weighted by Crippen LogP contribution is 2.25. The van der Waals surface area contributed by atoms with Crippen molar-refractivity contribution in [1.29, 1.82) is 0 Å². The third-order valence-electron chi connectivity index (χ3n) is 3.64. The summed E-state index contributed by atoms with van der Waals surface area (Å²) in [5.74, 6) is 0.337. The molecule has 0 saturated heterocycles. The van der Waals surface area contributed by atoms with Crippen molar-refractivity contribution >= 4 is 0 Å². The molecule has 0 spiro atoms. The molecule has 21 heavy (non-hydrogen) atoms. The summed E-state index contributed by atoms with van der Waals surface area (Å²) < 4.78 is 14.3. The summed E-state index contributed by atoms with van der Waals surface area (Å²) in [6.07, 6.45) is 0. The van der Waals surface area contributed by atoms with Crippen LogP contribution in [0.25, 0.3) is 11.1 Å². The van der Waals surface area contributed by atoms with Crippen LogP contribution in [0.1, 0.15) is 44.7 Å². The summed E-state index contributed by atoms with van der Waals surface area (Å²) in [6, 6.07) is 14.0. The van der Waals surface area contributed by atoms with Gasteiger partial charge in [0.05, 0.1) is 0 Å². The molecular formula is C19H24FN. The standard InChI is InChI=1S/C19H24FN/c1-13(2)16-6-8-17(9-7-16)18-10-5-15(11-19(18)20)12-21-14(3)4/h5-11,13-14,21H,12H2,1-4H3. The molecule has 0 aromatic heterocycles. The first kappa shape index (κ1) is 15.7. The molecule has 0 atom stereocenters. The van der Waals surface area contributed by atoms with Crippen LogP contribution in [0.2, 0.25) is 0 Å². The van der Waals surface area contributed by atoms with Crippen molar-refractivity contribution in [3.63, 3.8) is 0 Å². The third-order valence-corrected chi connectivity index (χ3v) is 3.64. The van der Waals surface area contributed by atoms with Gasteiger partial charge < -0.3 is 5.32 Å². The minimum absolute atomic E-state index is 0.157. The van der Waals surface area contributed by atoms with E-state index in [4.69, 9.17) is 0 Å². The fourth-order valence-corrected chi connectivity index (χ4v) is 2.27. The predicted molar refractivity (Wildman–Crippen MR) is 87.9 cm³/mol. The van der Waals surface area contributed by atoms with Gasteiger partial charge in [0.15, 0.2) is 0 Å². The molecule has 2 aromatic rings. The molecule has 0 bridgehead atoms. The van der Waals surface area contributed by atoms with Gasteiger partial charge in [0.25, 0.3) is 0 Å². The lowest BCUT2D eigenvalue weighted by Gasteiger charge is -2.11. The van der Waals surface area contributed by atoms with Crippen molar-refractivity contribution in [3.8, 4) is 11.1 Å². The molecular weight excluding hydrogens is 261 g/mol. The maximum atomic E-state index is 14.3. The minimum atomic E-state index is -0.157. The van der Waals surface area contributed by atoms with Crippen molar-refractivity contribution in [2.75, 3.05) is 0 Å². The fraction of sp³-hybridized carbons (Fsp3) is 0.368. The Morgan fingerprint density at radius 1 is 0.952 bits per heavy atom. The molecule has 2 heteroatoms. The summed E-state index contributed by atoms with van der Waals surface area (Å²) in [7, 11) is 0. The Morgan fingerprint density at radius 3 is 2.14 bits per heavy atom. The summed E-state index contributed by atoms with van der Waals surface area (Å²) >= 11 is 0. The lowest BCUT2D eigenvalue weighted by molar-refractivity contribution is 0.582. The Morgan fingerprint density at radius 2 is 1.62 bits per heavy atom. The zero-order valence-electron chi connectivity index (χ0n) is 13.3. The Bertz CT molecular complexity index is 585. The largest absolute Gasteiger partial charge is 0.310 e. The van der Waals surface area contributed by atoms with E-state index in [-0.39, 0.29) is 5.82 Å². The van der Waals surface area contributed by atoms with E-state index >= 15 is 0 Å². The van der Waals surface area contributed by atoms with E-state index in [0.717, 1.165) is 11.1 Å². The first-order chi connectivity index (χ1) is 9.97. The third kappa shape index (κ3) is 4.15. The lowest BCUT2D eigenvalue weighted by atomic mass is 9.98. The first-order valence-electron chi connectivity index (χ1n) is 7.59. The van der Waals surface area contributed by atoms with Crippen molar-refractivity contribution in [1.82, 2.24) is 5.32 Å². The minimum Gasteiger partial charge on any atom is -0.310 e. The van der Waals surface area contributed by atoms with Gasteiger partial charge >= 0.3 is 0 Å². The van der Waals surface area contributed by atoms with Gasteiger partial charge in [-0.15, -0.1) is 0 Å². The number of hydrogen-bond donors (Lipinski definition) is 1. The zero-order valence-corrected chi connectivity index (χ0v) is 13.3. The molecule has 0 aliphatic heterocycles. The maximum Gasteiger partial charge on any atom is 0.131 e. The van der Waals surface area contributed by atoms with Crippen LogP contribution < -0.4 is 5.32 Å². The number of nitrogens with one attached hydrogen (secondary N) is 1. The molecule has 0 amide bonds. The van der Waals surface area contributed by atoms with Gasteiger partial charge in [-0.25, -0.2) is 4.39 Å². The monoisotopic (exact) mass is 285 g/mol. The zero-order chi connectivity index (χ0) is 15.4. The molecule has 2 aromatic carbocycles. The molecule has 2 rings (SSSR count). The molecule has 0 radical (unpaired) electrons. The Labute approximate surface area is 127 Å². The average Bonchev–Trinajstić information content (AvgIpc) is 2.45. The van der Waals surface area contributed by atoms with E-state index < -0.39 is 0 Å². The van der Waals surface area contributed by atoms with Crippen LogP contribution in [-0.2, 0) is 6.54 Å². The van der Waals surface area contributed by atoms with Gasteiger partial charge in [-0.2, -0.15) is 0 Å². The molecule has 0 fully saturated rings. The summed E-state index contributed by atoms with van der Waals surface area (Å²) in [4.78, 5) is 0. The number of hydrogen-bond acceptors (Lipinski definition) is 1. The van der Waals surface area contributed by atoms with E-state index in [1.165, 1.54) is 5.56 Å². The molecule has 0 heterocycles. The highest BCUT2D eigenvalue weighted by atomic mass is 19.1. The van der Waals surface area contributed by atoms with Gasteiger partial charge in [-0.05, 0) is 28.7 Å². The molecule has 0 aliphatic carbocycles. The molecule has 1 nitrogen and oxygen atoms in total. The Balaban J connectivity index is 2.20. The SMILES string of the molecule is CC(C)NCc1ccc(-c2ccc(C(C)C)cc2)c(F)c1. The number of rotatable bonds is 5. The van der Waals surface area contributed by atoms with E-state index in [1.54, 1.807) is 6.07 Å². The van der Waals surface area contributed by atoms with E-state index in [9.17, 15) is 4.39 Å². The first-order valence-corrected chi connectivity index (χ1v) is 7.59. The lowest BCUT2D eigenvalue weighted by Crippen LogP contribution is -2.21. The normalized spacial score (nSPS) is 11.4. The van der Waals surface area contributed by atoms with Gasteiger partial charge in [0.2, 0.25) is 0 Å².